The zero-order chi connectivity index (χ0) is 22.5. The summed E-state index contributed by atoms with van der Waals surface area (Å²) < 4.78 is 39.2. The molecule has 0 radical (unpaired) electrons. The maximum Gasteiger partial charge on any atom is 0.310 e. The number of fused-ring (bicyclic) bond motifs is 1. The Kier molecular flexibility index (Phi) is 5.12. The Balaban J connectivity index is 1.19. The first-order valence-corrected chi connectivity index (χ1v) is 11.1. The van der Waals surface area contributed by atoms with Crippen LogP contribution in [0.4, 0.5) is 8.78 Å². The van der Waals surface area contributed by atoms with Gasteiger partial charge in [-0.15, -0.1) is 0 Å². The molecule has 2 aromatic carbocycles. The number of carboxylic acids is 1. The fourth-order valence-electron chi connectivity index (χ4n) is 5.27. The van der Waals surface area contributed by atoms with Gasteiger partial charge in [0, 0.05) is 30.6 Å². The topological polar surface area (TPSA) is 59.0 Å². The predicted molar refractivity (Wildman–Crippen MR) is 114 cm³/mol. The molecule has 1 aliphatic heterocycles. The van der Waals surface area contributed by atoms with Crippen LogP contribution in [0.3, 0.4) is 0 Å². The Labute approximate surface area is 185 Å². The number of hydrogen-bond acceptors (Lipinski definition) is 4. The summed E-state index contributed by atoms with van der Waals surface area (Å²) in [6.07, 6.45) is 3.48. The fourth-order valence-corrected chi connectivity index (χ4v) is 5.27. The number of nitrogens with zero attached hydrogens (tertiary/aromatic N) is 1. The summed E-state index contributed by atoms with van der Waals surface area (Å²) in [5, 5.41) is 9.41. The lowest BCUT2D eigenvalue weighted by molar-refractivity contribution is -0.145. The lowest BCUT2D eigenvalue weighted by atomic mass is 9.76. The number of hydrogen-bond donors (Lipinski definition) is 1. The molecular weight excluding hydrogens is 416 g/mol. The maximum absolute atomic E-state index is 14.3. The summed E-state index contributed by atoms with van der Waals surface area (Å²) in [6, 6.07) is 8.83. The summed E-state index contributed by atoms with van der Waals surface area (Å²) >= 11 is 0. The van der Waals surface area contributed by atoms with Gasteiger partial charge in [-0.1, -0.05) is 6.07 Å². The van der Waals surface area contributed by atoms with Crippen molar-refractivity contribution in [3.63, 3.8) is 0 Å². The van der Waals surface area contributed by atoms with E-state index in [0.717, 1.165) is 38.8 Å². The third-order valence-corrected chi connectivity index (χ3v) is 7.08. The van der Waals surface area contributed by atoms with E-state index in [1.807, 2.05) is 12.1 Å². The van der Waals surface area contributed by atoms with E-state index in [2.05, 4.69) is 11.0 Å². The second kappa shape index (κ2) is 7.73. The van der Waals surface area contributed by atoms with Crippen molar-refractivity contribution in [1.82, 2.24) is 4.90 Å². The van der Waals surface area contributed by atoms with Crippen LogP contribution >= 0.6 is 0 Å². The smallest absolute Gasteiger partial charge is 0.310 e. The van der Waals surface area contributed by atoms with Gasteiger partial charge in [0.15, 0.2) is 11.6 Å². The number of rotatable bonds is 8. The first-order chi connectivity index (χ1) is 15.3. The highest BCUT2D eigenvalue weighted by atomic mass is 19.2. The van der Waals surface area contributed by atoms with E-state index in [9.17, 15) is 18.7 Å². The first kappa shape index (κ1) is 21.2. The second-order valence-electron chi connectivity index (χ2n) is 9.59. The number of likely N-dealkylation sites (tertiary alicyclic amines) is 1. The van der Waals surface area contributed by atoms with E-state index < -0.39 is 23.0 Å². The van der Waals surface area contributed by atoms with Crippen LogP contribution in [0.2, 0.25) is 0 Å². The van der Waals surface area contributed by atoms with E-state index in [0.29, 0.717) is 12.3 Å². The van der Waals surface area contributed by atoms with Crippen LogP contribution in [0.25, 0.3) is 0 Å². The lowest BCUT2D eigenvalue weighted by Crippen LogP contribution is -2.58. The average molecular weight is 443 g/mol. The molecule has 0 aromatic heterocycles. The zero-order valence-corrected chi connectivity index (χ0v) is 18.1. The van der Waals surface area contributed by atoms with E-state index in [1.54, 1.807) is 6.92 Å². The molecule has 7 heteroatoms. The molecule has 2 fully saturated rings. The highest BCUT2D eigenvalue weighted by Crippen LogP contribution is 2.51. The van der Waals surface area contributed by atoms with Gasteiger partial charge in [0.1, 0.15) is 12.4 Å². The second-order valence-corrected chi connectivity index (χ2v) is 9.59. The fraction of sp³-hybridized carbons (Fsp3) is 0.480. The van der Waals surface area contributed by atoms with Gasteiger partial charge in [0.2, 0.25) is 5.82 Å². The summed E-state index contributed by atoms with van der Waals surface area (Å²) in [4.78, 5) is 13.7. The molecule has 3 aliphatic rings. The Morgan fingerprint density at radius 3 is 2.50 bits per heavy atom. The third-order valence-electron chi connectivity index (χ3n) is 7.08. The third kappa shape index (κ3) is 3.72. The Morgan fingerprint density at radius 1 is 1.06 bits per heavy atom. The number of ether oxygens (including phenoxy) is 2. The molecular formula is C25H27F2NO4. The Bertz CT molecular complexity index is 1060. The number of halogens is 2. The summed E-state index contributed by atoms with van der Waals surface area (Å²) in [7, 11) is 0. The molecule has 5 nitrogen and oxygen atoms in total. The zero-order valence-electron chi connectivity index (χ0n) is 18.1. The number of aliphatic carboxylic acids is 1. The van der Waals surface area contributed by atoms with E-state index >= 15 is 0 Å². The molecule has 1 N–H and O–H groups in total. The largest absolute Gasteiger partial charge is 0.491 e. The van der Waals surface area contributed by atoms with Crippen LogP contribution in [0.1, 0.15) is 36.5 Å². The van der Waals surface area contributed by atoms with Gasteiger partial charge >= 0.3 is 5.97 Å². The summed E-state index contributed by atoms with van der Waals surface area (Å²) in [6.45, 7) is 4.41. The first-order valence-electron chi connectivity index (χ1n) is 11.1. The van der Waals surface area contributed by atoms with Gasteiger partial charge in [-0.3, -0.25) is 4.79 Å². The average Bonchev–Trinajstić information content (AvgIpc) is 3.43. The SMILES string of the molecule is CCOc1ccc(COc2ccc3c(c2)CC2(C3)CN(CC3(C(=O)O)CC3)C2)c(F)c1F. The molecule has 1 spiro atoms. The van der Waals surface area contributed by atoms with Gasteiger partial charge in [-0.2, -0.15) is 4.39 Å². The summed E-state index contributed by atoms with van der Waals surface area (Å²) in [5.74, 6) is -2.07. The molecule has 2 aromatic rings. The van der Waals surface area contributed by atoms with Gasteiger partial charge in [0.05, 0.1) is 12.0 Å². The molecule has 5 rings (SSSR count). The highest BCUT2D eigenvalue weighted by Gasteiger charge is 2.55. The molecule has 32 heavy (non-hydrogen) atoms. The molecule has 170 valence electrons. The van der Waals surface area contributed by atoms with Gasteiger partial charge in [0.25, 0.3) is 0 Å². The maximum atomic E-state index is 14.3. The van der Waals surface area contributed by atoms with Crippen LogP contribution in [-0.4, -0.2) is 42.2 Å². The minimum Gasteiger partial charge on any atom is -0.491 e. The number of benzene rings is 2. The Morgan fingerprint density at radius 2 is 1.81 bits per heavy atom. The van der Waals surface area contributed by atoms with E-state index in [1.165, 1.54) is 23.3 Å². The van der Waals surface area contributed by atoms with Crippen LogP contribution < -0.4 is 9.47 Å². The van der Waals surface area contributed by atoms with Crippen LogP contribution in [-0.2, 0) is 24.2 Å². The molecule has 1 heterocycles. The van der Waals surface area contributed by atoms with Gasteiger partial charge < -0.3 is 19.5 Å². The van der Waals surface area contributed by atoms with Crippen molar-refractivity contribution in [2.45, 2.75) is 39.2 Å². The molecule has 2 aliphatic carbocycles. The monoisotopic (exact) mass is 443 g/mol. The van der Waals surface area contributed by atoms with Crippen LogP contribution in [0, 0.1) is 22.5 Å². The van der Waals surface area contributed by atoms with E-state index in [4.69, 9.17) is 9.47 Å². The molecule has 0 amide bonds. The molecule has 0 atom stereocenters. The minimum absolute atomic E-state index is 0.0653. The van der Waals surface area contributed by atoms with Crippen molar-refractivity contribution < 1.29 is 28.2 Å². The molecule has 1 saturated carbocycles. The van der Waals surface area contributed by atoms with Crippen molar-refractivity contribution in [2.75, 3.05) is 26.2 Å². The van der Waals surface area contributed by atoms with Crippen LogP contribution in [0.5, 0.6) is 11.5 Å². The van der Waals surface area contributed by atoms with Crippen molar-refractivity contribution in [3.8, 4) is 11.5 Å². The predicted octanol–water partition coefficient (Wildman–Crippen LogP) is 4.21. The number of carboxylic acid groups (broad SMARTS) is 1. The van der Waals surface area contributed by atoms with Crippen molar-refractivity contribution >= 4 is 5.97 Å². The standard InChI is InChI=1S/C25H27F2NO4/c1-2-31-20-6-4-17(21(26)22(20)27)12-32-19-5-3-16-10-24(11-18(16)9-19)13-28(14-24)15-25(7-8-25)23(29)30/h3-6,9H,2,7-8,10-15H2,1H3,(H,29,30). The molecule has 1 saturated heterocycles. The number of carbonyl (C=O) groups is 1. The highest BCUT2D eigenvalue weighted by molar-refractivity contribution is 5.78. The van der Waals surface area contributed by atoms with Crippen molar-refractivity contribution in [1.29, 1.82) is 0 Å². The summed E-state index contributed by atoms with van der Waals surface area (Å²) in [5.41, 5.74) is 2.32. The lowest BCUT2D eigenvalue weighted by Gasteiger charge is -2.49. The molecule has 0 bridgehead atoms. The Hall–Kier alpha value is -2.67. The van der Waals surface area contributed by atoms with Gasteiger partial charge in [-0.05, 0) is 68.0 Å². The quantitative estimate of drug-likeness (QED) is 0.663. The molecule has 0 unspecified atom stereocenters. The van der Waals surface area contributed by atoms with Crippen molar-refractivity contribution in [2.24, 2.45) is 10.8 Å². The van der Waals surface area contributed by atoms with Crippen LogP contribution in [0.15, 0.2) is 30.3 Å². The van der Waals surface area contributed by atoms with Gasteiger partial charge in [-0.25, -0.2) is 4.39 Å². The van der Waals surface area contributed by atoms with E-state index in [-0.39, 0.29) is 29.9 Å². The normalized spacial score (nSPS) is 20.0. The van der Waals surface area contributed by atoms with Crippen molar-refractivity contribution in [3.05, 3.63) is 58.7 Å². The minimum atomic E-state index is -0.991.